The summed E-state index contributed by atoms with van der Waals surface area (Å²) >= 11 is 0. The number of benzene rings is 1. The molecule has 1 aliphatic rings. The van der Waals surface area contributed by atoms with Crippen LogP contribution in [0.15, 0.2) is 30.3 Å². The van der Waals surface area contributed by atoms with Crippen molar-refractivity contribution >= 4 is 0 Å². The highest BCUT2D eigenvalue weighted by Crippen LogP contribution is 2.08. The van der Waals surface area contributed by atoms with Gasteiger partial charge in [0.1, 0.15) is 0 Å². The Morgan fingerprint density at radius 1 is 1.33 bits per heavy atom. The van der Waals surface area contributed by atoms with Crippen molar-refractivity contribution in [3.05, 3.63) is 35.9 Å². The molecular formula is C13H20N2. The Kier molecular flexibility index (Phi) is 3.75. The molecule has 0 radical (unpaired) electrons. The molecule has 82 valence electrons. The summed E-state index contributed by atoms with van der Waals surface area (Å²) in [7, 11) is 2.20. The Bertz CT molecular complexity index is 278. The molecule has 1 heterocycles. The van der Waals surface area contributed by atoms with E-state index in [-0.39, 0.29) is 0 Å². The van der Waals surface area contributed by atoms with E-state index in [4.69, 9.17) is 0 Å². The lowest BCUT2D eigenvalue weighted by Crippen LogP contribution is -2.34. The highest BCUT2D eigenvalue weighted by molar-refractivity contribution is 5.14. The molecule has 0 aliphatic carbocycles. The fraction of sp³-hybridized carbons (Fsp3) is 0.538. The molecule has 15 heavy (non-hydrogen) atoms. The van der Waals surface area contributed by atoms with Crippen molar-refractivity contribution < 1.29 is 0 Å². The molecule has 2 nitrogen and oxygen atoms in total. The fourth-order valence-electron chi connectivity index (χ4n) is 2.25. The molecule has 0 spiro atoms. The van der Waals surface area contributed by atoms with Crippen molar-refractivity contribution in [1.82, 2.24) is 10.2 Å². The maximum atomic E-state index is 3.53. The average Bonchev–Trinajstić information content (AvgIpc) is 2.71. The van der Waals surface area contributed by atoms with E-state index >= 15 is 0 Å². The molecule has 0 bridgehead atoms. The highest BCUT2D eigenvalue weighted by Gasteiger charge is 2.15. The monoisotopic (exact) mass is 204 g/mol. The van der Waals surface area contributed by atoms with Gasteiger partial charge in [-0.3, -0.25) is 0 Å². The SMILES string of the molecule is CN(Cc1ccccc1)C[C@H]1CCCN1. The van der Waals surface area contributed by atoms with E-state index in [1.807, 2.05) is 0 Å². The Balaban J connectivity index is 1.79. The maximum Gasteiger partial charge on any atom is 0.0231 e. The average molecular weight is 204 g/mol. The summed E-state index contributed by atoms with van der Waals surface area (Å²) in [6.07, 6.45) is 2.67. The van der Waals surface area contributed by atoms with Crippen LogP contribution in [-0.4, -0.2) is 31.1 Å². The summed E-state index contributed by atoms with van der Waals surface area (Å²) in [6, 6.07) is 11.4. The van der Waals surface area contributed by atoms with E-state index in [1.165, 1.54) is 24.9 Å². The van der Waals surface area contributed by atoms with Gasteiger partial charge < -0.3 is 10.2 Å². The summed E-state index contributed by atoms with van der Waals surface area (Å²) in [5.41, 5.74) is 1.40. The van der Waals surface area contributed by atoms with E-state index in [0.717, 1.165) is 13.1 Å². The number of hydrogen-bond acceptors (Lipinski definition) is 2. The van der Waals surface area contributed by atoms with Gasteiger partial charge >= 0.3 is 0 Å². The first kappa shape index (κ1) is 10.7. The Morgan fingerprint density at radius 2 is 2.13 bits per heavy atom. The van der Waals surface area contributed by atoms with Crippen molar-refractivity contribution in [2.75, 3.05) is 20.1 Å². The van der Waals surface area contributed by atoms with Gasteiger partial charge in [-0.15, -0.1) is 0 Å². The van der Waals surface area contributed by atoms with E-state index in [2.05, 4.69) is 47.6 Å². The molecular weight excluding hydrogens is 184 g/mol. The second-order valence-electron chi connectivity index (χ2n) is 4.48. The number of nitrogens with zero attached hydrogens (tertiary/aromatic N) is 1. The van der Waals surface area contributed by atoms with Crippen LogP contribution in [0.3, 0.4) is 0 Å². The molecule has 0 aromatic heterocycles. The van der Waals surface area contributed by atoms with E-state index in [9.17, 15) is 0 Å². The molecule has 0 amide bonds. The quantitative estimate of drug-likeness (QED) is 0.805. The molecule has 2 heteroatoms. The Morgan fingerprint density at radius 3 is 2.80 bits per heavy atom. The van der Waals surface area contributed by atoms with Crippen LogP contribution in [0, 0.1) is 0 Å². The first-order valence-electron chi connectivity index (χ1n) is 5.80. The number of nitrogens with one attached hydrogen (secondary N) is 1. The number of rotatable bonds is 4. The summed E-state index contributed by atoms with van der Waals surface area (Å²) in [5, 5.41) is 3.53. The van der Waals surface area contributed by atoms with Crippen molar-refractivity contribution in [1.29, 1.82) is 0 Å². The van der Waals surface area contributed by atoms with Gasteiger partial charge in [0.05, 0.1) is 0 Å². The second kappa shape index (κ2) is 5.29. The van der Waals surface area contributed by atoms with E-state index in [0.29, 0.717) is 6.04 Å². The molecule has 2 rings (SSSR count). The number of likely N-dealkylation sites (N-methyl/N-ethyl adjacent to an activating group) is 1. The molecule has 1 fully saturated rings. The van der Waals surface area contributed by atoms with Crippen molar-refractivity contribution in [2.45, 2.75) is 25.4 Å². The predicted octanol–water partition coefficient (Wildman–Crippen LogP) is 1.87. The molecule has 1 aliphatic heterocycles. The summed E-state index contributed by atoms with van der Waals surface area (Å²) < 4.78 is 0. The van der Waals surface area contributed by atoms with Gasteiger partial charge in [-0.1, -0.05) is 30.3 Å². The van der Waals surface area contributed by atoms with Gasteiger partial charge in [-0.25, -0.2) is 0 Å². The van der Waals surface area contributed by atoms with Crippen LogP contribution in [0.5, 0.6) is 0 Å². The summed E-state index contributed by atoms with van der Waals surface area (Å²) in [6.45, 7) is 3.41. The largest absolute Gasteiger partial charge is 0.313 e. The zero-order valence-corrected chi connectivity index (χ0v) is 9.45. The third-order valence-corrected chi connectivity index (χ3v) is 2.99. The zero-order chi connectivity index (χ0) is 10.5. The number of hydrogen-bond donors (Lipinski definition) is 1. The van der Waals surface area contributed by atoms with Gasteiger partial charge in [0, 0.05) is 19.1 Å². The van der Waals surface area contributed by atoms with Crippen LogP contribution >= 0.6 is 0 Å². The minimum atomic E-state index is 0.707. The van der Waals surface area contributed by atoms with Crippen LogP contribution in [0.1, 0.15) is 18.4 Å². The Hall–Kier alpha value is -0.860. The van der Waals surface area contributed by atoms with Gasteiger partial charge in [-0.05, 0) is 32.0 Å². The van der Waals surface area contributed by atoms with Gasteiger partial charge in [0.2, 0.25) is 0 Å². The second-order valence-corrected chi connectivity index (χ2v) is 4.48. The summed E-state index contributed by atoms with van der Waals surface area (Å²) in [4.78, 5) is 2.40. The van der Waals surface area contributed by atoms with E-state index in [1.54, 1.807) is 0 Å². The molecule has 1 atom stereocenters. The molecule has 0 saturated carbocycles. The molecule has 1 saturated heterocycles. The van der Waals surface area contributed by atoms with Crippen molar-refractivity contribution in [2.24, 2.45) is 0 Å². The van der Waals surface area contributed by atoms with Gasteiger partial charge in [0.25, 0.3) is 0 Å². The van der Waals surface area contributed by atoms with E-state index < -0.39 is 0 Å². The molecule has 1 N–H and O–H groups in total. The minimum Gasteiger partial charge on any atom is -0.313 e. The normalized spacial score (nSPS) is 21.1. The fourth-order valence-corrected chi connectivity index (χ4v) is 2.25. The van der Waals surface area contributed by atoms with Crippen LogP contribution in [0.2, 0.25) is 0 Å². The first-order valence-corrected chi connectivity index (χ1v) is 5.80. The molecule has 1 aromatic carbocycles. The van der Waals surface area contributed by atoms with Crippen LogP contribution in [0.4, 0.5) is 0 Å². The van der Waals surface area contributed by atoms with Gasteiger partial charge in [-0.2, -0.15) is 0 Å². The van der Waals surface area contributed by atoms with Crippen LogP contribution in [0.25, 0.3) is 0 Å². The zero-order valence-electron chi connectivity index (χ0n) is 9.45. The smallest absolute Gasteiger partial charge is 0.0231 e. The topological polar surface area (TPSA) is 15.3 Å². The molecule has 1 aromatic rings. The third-order valence-electron chi connectivity index (χ3n) is 2.99. The first-order chi connectivity index (χ1) is 7.34. The van der Waals surface area contributed by atoms with Crippen molar-refractivity contribution in [3.63, 3.8) is 0 Å². The third kappa shape index (κ3) is 3.33. The maximum absolute atomic E-state index is 3.53. The lowest BCUT2D eigenvalue weighted by Gasteiger charge is -2.21. The standard InChI is InChI=1S/C13H20N2/c1-15(11-13-8-5-9-14-13)10-12-6-3-2-4-7-12/h2-4,6-7,13-14H,5,8-11H2,1H3/t13-/m1/s1. The Labute approximate surface area is 92.3 Å². The molecule has 0 unspecified atom stereocenters. The predicted molar refractivity (Wildman–Crippen MR) is 63.8 cm³/mol. The lowest BCUT2D eigenvalue weighted by molar-refractivity contribution is 0.293. The summed E-state index contributed by atoms with van der Waals surface area (Å²) in [5.74, 6) is 0. The van der Waals surface area contributed by atoms with Gasteiger partial charge in [0.15, 0.2) is 0 Å². The minimum absolute atomic E-state index is 0.707. The highest BCUT2D eigenvalue weighted by atomic mass is 15.1. The van der Waals surface area contributed by atoms with Crippen LogP contribution in [-0.2, 0) is 6.54 Å². The van der Waals surface area contributed by atoms with Crippen molar-refractivity contribution in [3.8, 4) is 0 Å². The lowest BCUT2D eigenvalue weighted by atomic mass is 10.2. The van der Waals surface area contributed by atoms with Crippen LogP contribution < -0.4 is 5.32 Å².